The molecule has 1 aliphatic carbocycles. The molecule has 5 heteroatoms. The minimum Gasteiger partial charge on any atom is -0.456 e. The topological polar surface area (TPSA) is 18.1 Å². The molecule has 0 saturated heterocycles. The molecule has 2 nitrogen and oxygen atoms in total. The molecule has 17 aromatic carbocycles. The van der Waals surface area contributed by atoms with Gasteiger partial charge in [0.1, 0.15) is 17.0 Å². The number of fused-ring (bicyclic) bond motifs is 12. The predicted molar refractivity (Wildman–Crippen MR) is 526 cm³/mol. The average molecular weight is 1610 g/mol. The molecule has 21 rings (SSSR count). The van der Waals surface area contributed by atoms with Crippen LogP contribution in [-0.4, -0.2) is 12.6 Å². The minimum absolute atomic E-state index is 0.151. The van der Waals surface area contributed by atoms with Crippen molar-refractivity contribution < 1.29 is 8.81 Å². The maximum absolute atomic E-state index is 14.2. The van der Waals surface area contributed by atoms with E-state index >= 15 is 0 Å². The Morgan fingerprint density at radius 1 is 0.298 bits per heavy atom. The van der Waals surface area contributed by atoms with Crippen molar-refractivity contribution in [3.05, 3.63) is 468 Å². The fourth-order valence-corrected chi connectivity index (χ4v) is 18.2. The van der Waals surface area contributed by atoms with Gasteiger partial charge in [-0.3, -0.25) is 0 Å². The van der Waals surface area contributed by atoms with Crippen molar-refractivity contribution >= 4 is 88.5 Å². The summed E-state index contributed by atoms with van der Waals surface area (Å²) in [5, 5.41) is 9.37. The molecule has 0 saturated carbocycles. The third-order valence-corrected chi connectivity index (χ3v) is 26.0. The van der Waals surface area contributed by atoms with Crippen molar-refractivity contribution in [3.8, 4) is 61.3 Å². The maximum Gasteiger partial charge on any atom is 0.138 e. The first kappa shape index (κ1) is 84.2. The maximum atomic E-state index is 14.2. The highest BCUT2D eigenvalue weighted by Gasteiger charge is 2.35. The Morgan fingerprint density at radius 2 is 0.744 bits per heavy atom. The quantitative estimate of drug-likeness (QED) is 0.152. The lowest BCUT2D eigenvalue weighted by Gasteiger charge is -2.21. The van der Waals surface area contributed by atoms with Crippen molar-refractivity contribution in [2.75, 3.05) is 0 Å². The normalized spacial score (nSPS) is 11.5. The van der Waals surface area contributed by atoms with Crippen LogP contribution in [0.2, 0.25) is 19.6 Å². The Bertz CT molecular complexity index is 6720. The number of furan rings is 1. The highest BCUT2D eigenvalue weighted by molar-refractivity contribution is 7.26. The molecule has 0 amide bonds. The predicted octanol–water partition coefficient (Wildman–Crippen LogP) is 33.0. The Morgan fingerprint density at radius 3 is 1.38 bits per heavy atom. The van der Waals surface area contributed by atoms with Crippen molar-refractivity contribution in [2.24, 2.45) is 0 Å². The molecule has 598 valence electrons. The summed E-state index contributed by atoms with van der Waals surface area (Å²) in [6.07, 6.45) is 0. The Hall–Kier alpha value is -13.3. The highest BCUT2D eigenvalue weighted by atomic mass is 32.1. The number of para-hydroxylation sites is 4. The van der Waals surface area contributed by atoms with Gasteiger partial charge in [0, 0.05) is 52.8 Å². The second kappa shape index (κ2) is 38.6. The summed E-state index contributed by atoms with van der Waals surface area (Å²) in [6, 6.07) is 141. The van der Waals surface area contributed by atoms with E-state index in [1.54, 1.807) is 11.3 Å². The Balaban J connectivity index is 0.000000114. The minimum atomic E-state index is -1.06. The first-order valence-corrected chi connectivity index (χ1v) is 46.2. The van der Waals surface area contributed by atoms with E-state index in [4.69, 9.17) is 4.42 Å². The van der Waals surface area contributed by atoms with Crippen LogP contribution in [0.1, 0.15) is 69.5 Å². The summed E-state index contributed by atoms with van der Waals surface area (Å²) in [5.41, 5.74) is 30.6. The van der Waals surface area contributed by atoms with Crippen LogP contribution in [0.4, 0.5) is 4.39 Å². The lowest BCUT2D eigenvalue weighted by molar-refractivity contribution is 0.619. The van der Waals surface area contributed by atoms with Crippen LogP contribution in [0, 0.1) is 61.2 Å². The van der Waals surface area contributed by atoms with E-state index in [2.05, 4.69) is 396 Å². The second-order valence-corrected chi connectivity index (χ2v) is 39.0. The van der Waals surface area contributed by atoms with Crippen LogP contribution >= 0.6 is 11.3 Å². The van der Waals surface area contributed by atoms with Gasteiger partial charge < -0.3 is 8.98 Å². The lowest BCUT2D eigenvalue weighted by atomic mass is 9.82. The Kier molecular flexibility index (Phi) is 26.9. The zero-order valence-electron chi connectivity index (χ0n) is 71.8. The zero-order valence-corrected chi connectivity index (χ0v) is 73.6. The van der Waals surface area contributed by atoms with E-state index in [-0.39, 0.29) is 11.2 Å². The van der Waals surface area contributed by atoms with Crippen LogP contribution in [0.5, 0.6) is 0 Å². The molecule has 0 spiro atoms. The van der Waals surface area contributed by atoms with Crippen molar-refractivity contribution in [1.82, 2.24) is 4.57 Å². The largest absolute Gasteiger partial charge is 0.456 e. The molecule has 0 aliphatic heterocycles. The van der Waals surface area contributed by atoms with E-state index in [1.807, 2.05) is 109 Å². The van der Waals surface area contributed by atoms with Crippen molar-refractivity contribution in [3.63, 3.8) is 0 Å². The lowest BCUT2D eigenvalue weighted by Crippen LogP contribution is -2.37. The standard InChI is InChI=1S/C19H15F.C19H15N.C16H16.C13H10O.C13H10S.2C13H12.C10H16Si/c1-14-18(16-10-6-3-7-11-16)12-17(13-19(14)20)15-8-4-2-5-9-15;1-14-11-12-19-17(13-14)16-9-5-6-10-18(16)20(19)15-7-3-2-4-8-15;1-11-8-9-13-12-6-4-5-7-14(12)16(2,3)15(13)10-11;2*1-9-5-4-7-11-10-6-2-3-8-12(10)14-13(9)11;1-11-7-5-6-10-13(11)12-8-3-2-4-9-12;1-11-7-9-13(10-8-11)12-5-3-2-4-6-12;1-9-5-7-10(8-6-9)11(2,3)4/h2*2-13H,1H3;4-10H,1-3H3;2*2-8H,1H3;2*2-10H,1H3;5-8H,1-4H3. The second-order valence-electron chi connectivity index (χ2n) is 32.9. The average Bonchev–Trinajstić information content (AvgIpc) is 1.59. The van der Waals surface area contributed by atoms with Gasteiger partial charge in [-0.2, -0.15) is 0 Å². The van der Waals surface area contributed by atoms with Crippen LogP contribution in [0.25, 0.3) is 125 Å². The molecular formula is C116H106FNOSSi. The summed E-state index contributed by atoms with van der Waals surface area (Å²) < 4.78 is 25.1. The summed E-state index contributed by atoms with van der Waals surface area (Å²) in [7, 11) is -1.06. The van der Waals surface area contributed by atoms with E-state index < -0.39 is 8.07 Å². The molecule has 121 heavy (non-hydrogen) atoms. The summed E-state index contributed by atoms with van der Waals surface area (Å²) in [5.74, 6) is -0.162. The molecule has 0 bridgehead atoms. The van der Waals surface area contributed by atoms with E-state index in [1.165, 1.54) is 142 Å². The molecular weight excluding hydrogens is 1500 g/mol. The van der Waals surface area contributed by atoms with Gasteiger partial charge in [-0.1, -0.05) is 413 Å². The van der Waals surface area contributed by atoms with E-state index in [0.29, 0.717) is 5.56 Å². The number of nitrogens with zero attached hydrogens (tertiary/aromatic N) is 1. The summed E-state index contributed by atoms with van der Waals surface area (Å²) in [6.45, 7) is 28.5. The van der Waals surface area contributed by atoms with Gasteiger partial charge in [-0.05, 0) is 199 Å². The molecule has 0 unspecified atom stereocenters. The van der Waals surface area contributed by atoms with Crippen LogP contribution in [0.15, 0.2) is 411 Å². The van der Waals surface area contributed by atoms with Gasteiger partial charge in [0.15, 0.2) is 0 Å². The monoisotopic (exact) mass is 1610 g/mol. The molecule has 0 fully saturated rings. The molecule has 3 heterocycles. The van der Waals surface area contributed by atoms with Gasteiger partial charge in [0.2, 0.25) is 0 Å². The number of rotatable bonds is 6. The third-order valence-electron chi connectivity index (χ3n) is 22.6. The number of thiophene rings is 1. The summed E-state index contributed by atoms with van der Waals surface area (Å²) >= 11 is 1.89. The number of halogens is 1. The fraction of sp³-hybridized carbons (Fsp3) is 0.121. The number of hydrogen-bond acceptors (Lipinski definition) is 2. The molecule has 1 aliphatic rings. The number of aryl methyl sites for hydroxylation is 7. The first-order chi connectivity index (χ1) is 58.7. The third kappa shape index (κ3) is 20.0. The molecule has 0 radical (unpaired) electrons. The molecule has 3 aromatic heterocycles. The van der Waals surface area contributed by atoms with E-state index in [0.717, 1.165) is 33.4 Å². The van der Waals surface area contributed by atoms with Crippen LogP contribution < -0.4 is 5.19 Å². The van der Waals surface area contributed by atoms with Gasteiger partial charge in [-0.25, -0.2) is 4.39 Å². The number of aromatic nitrogens is 1. The number of benzene rings is 17. The molecule has 20 aromatic rings. The number of hydrogen-bond donors (Lipinski definition) is 0. The van der Waals surface area contributed by atoms with Gasteiger partial charge in [-0.15, -0.1) is 11.3 Å². The van der Waals surface area contributed by atoms with Gasteiger partial charge in [0.05, 0.1) is 19.1 Å². The summed E-state index contributed by atoms with van der Waals surface area (Å²) in [4.78, 5) is 0. The van der Waals surface area contributed by atoms with Crippen molar-refractivity contribution in [1.29, 1.82) is 0 Å². The van der Waals surface area contributed by atoms with Gasteiger partial charge >= 0.3 is 0 Å². The molecule has 0 N–H and O–H groups in total. The van der Waals surface area contributed by atoms with Crippen LogP contribution in [-0.2, 0) is 5.41 Å². The SMILES string of the molecule is Cc1c(F)cc(-c2ccccc2)cc1-c1ccccc1.Cc1ccc(-c2ccccc2)cc1.Cc1ccc([Si](C)(C)C)cc1.Cc1ccc2c(c1)C(C)(C)c1ccccc1-2.Cc1ccc2c(c1)c1ccccc1n2-c1ccccc1.Cc1cccc2c1oc1ccccc12.Cc1cccc2c1sc1ccccc12.Cc1ccccc1-c1ccccc1. The van der Waals surface area contributed by atoms with Crippen molar-refractivity contribution in [2.45, 2.75) is 94.3 Å². The van der Waals surface area contributed by atoms with E-state index in [9.17, 15) is 4.39 Å². The van der Waals surface area contributed by atoms with Gasteiger partial charge in [0.25, 0.3) is 0 Å². The zero-order chi connectivity index (χ0) is 84.6. The highest BCUT2D eigenvalue weighted by Crippen LogP contribution is 2.49. The molecule has 0 atom stereocenters. The fourth-order valence-electron chi connectivity index (χ4n) is 15.9. The first-order valence-electron chi connectivity index (χ1n) is 41.9. The Labute approximate surface area is 720 Å². The van der Waals surface area contributed by atoms with Crippen LogP contribution in [0.3, 0.4) is 0 Å². The smallest absolute Gasteiger partial charge is 0.138 e.